The number of sulfonamides is 1. The SMILES string of the molecule is CCc1ccc(C(=O)NCC(C)(C)c2ccccc2)cc1S(=O)(=O)N1CCOCC1. The highest BCUT2D eigenvalue weighted by molar-refractivity contribution is 7.89. The predicted octanol–water partition coefficient (Wildman–Crippen LogP) is 2.98. The molecule has 1 aliphatic rings. The van der Waals surface area contributed by atoms with Crippen LogP contribution in [0.2, 0.25) is 0 Å². The third-order valence-electron chi connectivity index (χ3n) is 5.54. The zero-order valence-corrected chi connectivity index (χ0v) is 18.7. The van der Waals surface area contributed by atoms with Gasteiger partial charge in [0.15, 0.2) is 0 Å². The second-order valence-electron chi connectivity index (χ2n) is 8.13. The quantitative estimate of drug-likeness (QED) is 0.733. The molecule has 0 aliphatic carbocycles. The molecule has 0 bridgehead atoms. The van der Waals surface area contributed by atoms with E-state index >= 15 is 0 Å². The van der Waals surface area contributed by atoms with Gasteiger partial charge in [-0.15, -0.1) is 0 Å². The highest BCUT2D eigenvalue weighted by atomic mass is 32.2. The van der Waals surface area contributed by atoms with E-state index in [9.17, 15) is 13.2 Å². The number of carbonyl (C=O) groups excluding carboxylic acids is 1. The first-order valence-electron chi connectivity index (χ1n) is 10.3. The minimum Gasteiger partial charge on any atom is -0.379 e. The number of benzene rings is 2. The number of ether oxygens (including phenoxy) is 1. The van der Waals surface area contributed by atoms with Crippen LogP contribution in [0.15, 0.2) is 53.4 Å². The monoisotopic (exact) mass is 430 g/mol. The molecule has 162 valence electrons. The molecule has 1 saturated heterocycles. The van der Waals surface area contributed by atoms with Gasteiger partial charge in [0, 0.05) is 30.6 Å². The maximum Gasteiger partial charge on any atom is 0.251 e. The van der Waals surface area contributed by atoms with E-state index in [1.807, 2.05) is 37.3 Å². The van der Waals surface area contributed by atoms with E-state index in [2.05, 4.69) is 19.2 Å². The van der Waals surface area contributed by atoms with Gasteiger partial charge in [0.25, 0.3) is 5.91 Å². The van der Waals surface area contributed by atoms with E-state index in [0.29, 0.717) is 50.4 Å². The third kappa shape index (κ3) is 4.91. The third-order valence-corrected chi connectivity index (χ3v) is 7.53. The molecule has 1 amide bonds. The summed E-state index contributed by atoms with van der Waals surface area (Å²) < 4.78 is 33.1. The summed E-state index contributed by atoms with van der Waals surface area (Å²) in [6, 6.07) is 14.9. The topological polar surface area (TPSA) is 75.7 Å². The molecule has 6 nitrogen and oxygen atoms in total. The van der Waals surface area contributed by atoms with Gasteiger partial charge < -0.3 is 10.1 Å². The lowest BCUT2D eigenvalue weighted by Gasteiger charge is -2.27. The summed E-state index contributed by atoms with van der Waals surface area (Å²) in [6.45, 7) is 7.91. The molecule has 1 aliphatic heterocycles. The van der Waals surface area contributed by atoms with Crippen molar-refractivity contribution in [3.8, 4) is 0 Å². The normalized spacial score (nSPS) is 15.7. The Morgan fingerprint density at radius 1 is 1.10 bits per heavy atom. The molecule has 1 N–H and O–H groups in total. The average Bonchev–Trinajstić information content (AvgIpc) is 2.78. The van der Waals surface area contributed by atoms with E-state index in [-0.39, 0.29) is 16.2 Å². The molecule has 3 rings (SSSR count). The minimum atomic E-state index is -3.67. The second kappa shape index (κ2) is 9.29. The van der Waals surface area contributed by atoms with Gasteiger partial charge in [-0.2, -0.15) is 4.31 Å². The fourth-order valence-electron chi connectivity index (χ4n) is 3.55. The minimum absolute atomic E-state index is 0.210. The molecule has 1 fully saturated rings. The number of rotatable bonds is 7. The first-order valence-corrected chi connectivity index (χ1v) is 11.7. The highest BCUT2D eigenvalue weighted by Crippen LogP contribution is 2.25. The van der Waals surface area contributed by atoms with Crippen molar-refractivity contribution in [2.75, 3.05) is 32.8 Å². The Hall–Kier alpha value is -2.22. The fourth-order valence-corrected chi connectivity index (χ4v) is 5.28. The number of hydrogen-bond acceptors (Lipinski definition) is 4. The van der Waals surface area contributed by atoms with Gasteiger partial charge >= 0.3 is 0 Å². The van der Waals surface area contributed by atoms with Crippen molar-refractivity contribution in [2.45, 2.75) is 37.5 Å². The highest BCUT2D eigenvalue weighted by Gasteiger charge is 2.29. The lowest BCUT2D eigenvalue weighted by molar-refractivity contribution is 0.0730. The molecule has 0 saturated carbocycles. The Labute approximate surface area is 179 Å². The molecule has 30 heavy (non-hydrogen) atoms. The van der Waals surface area contributed by atoms with Crippen molar-refractivity contribution in [1.82, 2.24) is 9.62 Å². The van der Waals surface area contributed by atoms with Gasteiger partial charge in [0.2, 0.25) is 10.0 Å². The second-order valence-corrected chi connectivity index (χ2v) is 10.0. The van der Waals surface area contributed by atoms with Gasteiger partial charge in [-0.05, 0) is 29.7 Å². The number of nitrogens with zero attached hydrogens (tertiary/aromatic N) is 1. The molecule has 0 atom stereocenters. The van der Waals surface area contributed by atoms with Crippen molar-refractivity contribution in [3.05, 3.63) is 65.2 Å². The standard InChI is InChI=1S/C23H30N2O4S/c1-4-18-10-11-19(16-21(18)30(27,28)25-12-14-29-15-13-25)22(26)24-17-23(2,3)20-8-6-5-7-9-20/h5-11,16H,4,12-15,17H2,1-3H3,(H,24,26). The molecule has 2 aromatic carbocycles. The molecule has 2 aromatic rings. The van der Waals surface area contributed by atoms with Crippen LogP contribution >= 0.6 is 0 Å². The molecule has 0 aromatic heterocycles. The molecular weight excluding hydrogens is 400 g/mol. The van der Waals surface area contributed by atoms with Gasteiger partial charge in [-0.25, -0.2) is 8.42 Å². The molecule has 0 radical (unpaired) electrons. The number of aryl methyl sites for hydroxylation is 1. The molecule has 0 spiro atoms. The van der Waals surface area contributed by atoms with E-state index in [4.69, 9.17) is 4.74 Å². The number of carbonyl (C=O) groups is 1. The molecule has 0 unspecified atom stereocenters. The summed E-state index contributed by atoms with van der Waals surface area (Å²) in [5.74, 6) is -0.278. The lowest BCUT2D eigenvalue weighted by atomic mass is 9.84. The summed E-state index contributed by atoms with van der Waals surface area (Å²) in [5.41, 5.74) is 1.94. The first-order chi connectivity index (χ1) is 14.3. The van der Waals surface area contributed by atoms with Crippen molar-refractivity contribution in [2.24, 2.45) is 0 Å². The summed E-state index contributed by atoms with van der Waals surface area (Å²) in [5, 5.41) is 2.97. The number of morpholine rings is 1. The zero-order chi connectivity index (χ0) is 21.8. The summed E-state index contributed by atoms with van der Waals surface area (Å²) in [4.78, 5) is 13.0. The lowest BCUT2D eigenvalue weighted by Crippen LogP contribution is -2.41. The van der Waals surface area contributed by atoms with E-state index < -0.39 is 10.0 Å². The maximum atomic E-state index is 13.2. The van der Waals surface area contributed by atoms with Crippen LogP contribution in [0, 0.1) is 0 Å². The van der Waals surface area contributed by atoms with Crippen LogP contribution in [-0.4, -0.2) is 51.5 Å². The average molecular weight is 431 g/mol. The fraction of sp³-hybridized carbons (Fsp3) is 0.435. The summed E-state index contributed by atoms with van der Waals surface area (Å²) >= 11 is 0. The van der Waals surface area contributed by atoms with E-state index in [1.165, 1.54) is 10.4 Å². The largest absolute Gasteiger partial charge is 0.379 e. The van der Waals surface area contributed by atoms with E-state index in [0.717, 1.165) is 5.56 Å². The Kier molecular flexibility index (Phi) is 6.95. The van der Waals surface area contributed by atoms with Crippen LogP contribution in [0.3, 0.4) is 0 Å². The number of amides is 1. The van der Waals surface area contributed by atoms with Crippen LogP contribution in [0.1, 0.15) is 42.3 Å². The van der Waals surface area contributed by atoms with Gasteiger partial charge in [-0.3, -0.25) is 4.79 Å². The van der Waals surface area contributed by atoms with Crippen molar-refractivity contribution in [1.29, 1.82) is 0 Å². The van der Waals surface area contributed by atoms with Crippen LogP contribution in [-0.2, 0) is 26.6 Å². The molecule has 7 heteroatoms. The Morgan fingerprint density at radius 3 is 2.40 bits per heavy atom. The van der Waals surface area contributed by atoms with Crippen molar-refractivity contribution >= 4 is 15.9 Å². The first kappa shape index (κ1) is 22.5. The number of nitrogens with one attached hydrogen (secondary N) is 1. The Bertz CT molecular complexity index is 982. The summed E-state index contributed by atoms with van der Waals surface area (Å²) in [7, 11) is -3.67. The Morgan fingerprint density at radius 2 is 1.77 bits per heavy atom. The molecular formula is C23H30N2O4S. The van der Waals surface area contributed by atoms with E-state index in [1.54, 1.807) is 12.1 Å². The van der Waals surface area contributed by atoms with Gasteiger partial charge in [0.05, 0.1) is 18.1 Å². The maximum absolute atomic E-state index is 13.2. The van der Waals surface area contributed by atoms with Crippen LogP contribution in [0.5, 0.6) is 0 Å². The van der Waals surface area contributed by atoms with Crippen LogP contribution in [0.4, 0.5) is 0 Å². The smallest absolute Gasteiger partial charge is 0.251 e. The van der Waals surface area contributed by atoms with Crippen LogP contribution < -0.4 is 5.32 Å². The zero-order valence-electron chi connectivity index (χ0n) is 17.8. The predicted molar refractivity (Wildman–Crippen MR) is 117 cm³/mol. The van der Waals surface area contributed by atoms with Crippen molar-refractivity contribution < 1.29 is 17.9 Å². The Balaban J connectivity index is 1.81. The summed E-state index contributed by atoms with van der Waals surface area (Å²) in [6.07, 6.45) is 0.571. The van der Waals surface area contributed by atoms with Crippen LogP contribution in [0.25, 0.3) is 0 Å². The van der Waals surface area contributed by atoms with Crippen molar-refractivity contribution in [3.63, 3.8) is 0 Å². The number of hydrogen-bond donors (Lipinski definition) is 1. The van der Waals surface area contributed by atoms with Gasteiger partial charge in [0.1, 0.15) is 0 Å². The molecule has 1 heterocycles. The van der Waals surface area contributed by atoms with Gasteiger partial charge in [-0.1, -0.05) is 57.2 Å².